The summed E-state index contributed by atoms with van der Waals surface area (Å²) < 4.78 is 16.1. The molecule has 28 heavy (non-hydrogen) atoms. The van der Waals surface area contributed by atoms with Crippen LogP contribution in [0.15, 0.2) is 42.0 Å². The molecular weight excluding hydrogens is 364 g/mol. The lowest BCUT2D eigenvalue weighted by molar-refractivity contribution is 0.101. The van der Waals surface area contributed by atoms with Crippen LogP contribution in [0.4, 0.5) is 4.79 Å². The first-order valence-electron chi connectivity index (χ1n) is 8.39. The maximum Gasteiger partial charge on any atom is 0.319 e. The molecule has 1 aliphatic heterocycles. The lowest BCUT2D eigenvalue weighted by Crippen LogP contribution is -2.45. The lowest BCUT2D eigenvalue weighted by atomic mass is 9.91. The molecule has 0 radical (unpaired) electrons. The van der Waals surface area contributed by atoms with Crippen molar-refractivity contribution in [2.75, 3.05) is 21.3 Å². The van der Waals surface area contributed by atoms with E-state index in [9.17, 15) is 9.59 Å². The average molecular weight is 384 g/mol. The number of carbonyl (C=O) groups excluding carboxylic acids is 2. The summed E-state index contributed by atoms with van der Waals surface area (Å²) in [6.07, 6.45) is 4.30. The molecule has 0 bridgehead atoms. The Hall–Kier alpha value is -3.62. The summed E-state index contributed by atoms with van der Waals surface area (Å²) in [5, 5.41) is 5.41. The molecule has 1 aliphatic rings. The van der Waals surface area contributed by atoms with Crippen LogP contribution in [0, 0.1) is 0 Å². The van der Waals surface area contributed by atoms with E-state index in [2.05, 4.69) is 20.6 Å². The van der Waals surface area contributed by atoms with Crippen LogP contribution in [-0.2, 0) is 0 Å². The molecule has 0 spiro atoms. The van der Waals surface area contributed by atoms with Gasteiger partial charge in [-0.15, -0.1) is 0 Å². The van der Waals surface area contributed by atoms with E-state index in [1.54, 1.807) is 19.1 Å². The van der Waals surface area contributed by atoms with Crippen LogP contribution in [0.2, 0.25) is 0 Å². The molecule has 1 aromatic carbocycles. The zero-order valence-electron chi connectivity index (χ0n) is 15.9. The Balaban J connectivity index is 2.14. The van der Waals surface area contributed by atoms with Crippen molar-refractivity contribution in [3.63, 3.8) is 0 Å². The van der Waals surface area contributed by atoms with E-state index in [4.69, 9.17) is 14.2 Å². The molecule has 3 rings (SSSR count). The lowest BCUT2D eigenvalue weighted by Gasteiger charge is -2.29. The van der Waals surface area contributed by atoms with Crippen molar-refractivity contribution in [3.05, 3.63) is 53.3 Å². The van der Waals surface area contributed by atoms with E-state index in [1.165, 1.54) is 39.9 Å². The number of rotatable bonds is 6. The molecule has 9 heteroatoms. The second kappa shape index (κ2) is 7.95. The predicted octanol–water partition coefficient (Wildman–Crippen LogP) is 2.01. The fourth-order valence-electron chi connectivity index (χ4n) is 3.07. The fraction of sp³-hybridized carbons (Fsp3) is 0.263. The van der Waals surface area contributed by atoms with Crippen molar-refractivity contribution in [1.29, 1.82) is 0 Å². The van der Waals surface area contributed by atoms with Crippen LogP contribution in [0.5, 0.6) is 17.2 Å². The quantitative estimate of drug-likeness (QED) is 0.733. The number of hydrogen-bond acceptors (Lipinski definition) is 7. The minimum absolute atomic E-state index is 0.173. The molecular formula is C19H20N4O5. The zero-order valence-corrected chi connectivity index (χ0v) is 15.9. The molecule has 1 aromatic heterocycles. The summed E-state index contributed by atoms with van der Waals surface area (Å²) >= 11 is 0. The summed E-state index contributed by atoms with van der Waals surface area (Å²) in [5.74, 6) is 0.885. The third-order valence-corrected chi connectivity index (χ3v) is 4.33. The van der Waals surface area contributed by atoms with Gasteiger partial charge >= 0.3 is 6.03 Å². The van der Waals surface area contributed by atoms with Gasteiger partial charge in [-0.1, -0.05) is 0 Å². The van der Waals surface area contributed by atoms with E-state index in [0.717, 1.165) is 0 Å². The summed E-state index contributed by atoms with van der Waals surface area (Å²) in [7, 11) is 4.49. The molecule has 0 fully saturated rings. The molecule has 0 saturated carbocycles. The van der Waals surface area contributed by atoms with E-state index < -0.39 is 12.1 Å². The van der Waals surface area contributed by atoms with Crippen molar-refractivity contribution in [3.8, 4) is 17.2 Å². The summed E-state index contributed by atoms with van der Waals surface area (Å²) in [4.78, 5) is 33.2. The van der Waals surface area contributed by atoms with E-state index >= 15 is 0 Å². The Morgan fingerprint density at radius 3 is 2.29 bits per heavy atom. The van der Waals surface area contributed by atoms with Crippen LogP contribution in [0.3, 0.4) is 0 Å². The molecule has 0 saturated heterocycles. The van der Waals surface area contributed by atoms with Gasteiger partial charge in [0.15, 0.2) is 11.5 Å². The summed E-state index contributed by atoms with van der Waals surface area (Å²) in [5.41, 5.74) is 1.54. The number of benzene rings is 1. The number of carbonyl (C=O) groups is 2. The van der Waals surface area contributed by atoms with Gasteiger partial charge in [0.2, 0.25) is 11.5 Å². The van der Waals surface area contributed by atoms with Gasteiger partial charge in [-0.3, -0.25) is 9.78 Å². The highest BCUT2D eigenvalue weighted by Crippen LogP contribution is 2.41. The Kier molecular flexibility index (Phi) is 5.44. The van der Waals surface area contributed by atoms with Gasteiger partial charge < -0.3 is 24.8 Å². The van der Waals surface area contributed by atoms with E-state index in [-0.39, 0.29) is 11.5 Å². The highest BCUT2D eigenvalue weighted by molar-refractivity contribution is 6.09. The maximum absolute atomic E-state index is 13.1. The maximum atomic E-state index is 13.1. The number of ketones is 1. The predicted molar refractivity (Wildman–Crippen MR) is 99.6 cm³/mol. The molecule has 146 valence electrons. The number of ether oxygens (including phenoxy) is 3. The van der Waals surface area contributed by atoms with Crippen LogP contribution < -0.4 is 24.8 Å². The largest absolute Gasteiger partial charge is 0.493 e. The normalized spacial score (nSPS) is 16.1. The molecule has 2 N–H and O–H groups in total. The monoisotopic (exact) mass is 384 g/mol. The van der Waals surface area contributed by atoms with Gasteiger partial charge in [0.25, 0.3) is 0 Å². The number of hydrogen-bond donors (Lipinski definition) is 2. The van der Waals surface area contributed by atoms with Gasteiger partial charge in [0.05, 0.1) is 33.6 Å². The first kappa shape index (κ1) is 19.2. The van der Waals surface area contributed by atoms with Crippen LogP contribution in [0.25, 0.3) is 0 Å². The molecule has 1 atom stereocenters. The van der Waals surface area contributed by atoms with E-state index in [1.807, 2.05) is 0 Å². The molecule has 1 unspecified atom stereocenters. The number of methoxy groups -OCH3 is 3. The number of allylic oxidation sites excluding steroid dienone is 1. The average Bonchev–Trinajstić information content (AvgIpc) is 2.72. The third-order valence-electron chi connectivity index (χ3n) is 4.33. The number of nitrogens with one attached hydrogen (secondary N) is 2. The Bertz CT molecular complexity index is 918. The number of Topliss-reactive ketones (excluding diaryl/α,β-unsaturated/α-hetero) is 1. The highest BCUT2D eigenvalue weighted by Gasteiger charge is 2.33. The first-order valence-corrected chi connectivity index (χ1v) is 8.39. The topological polar surface area (TPSA) is 112 Å². The number of nitrogens with zero attached hydrogens (tertiary/aromatic N) is 2. The van der Waals surface area contributed by atoms with Crippen molar-refractivity contribution < 1.29 is 23.8 Å². The molecule has 0 aliphatic carbocycles. The van der Waals surface area contributed by atoms with E-state index in [0.29, 0.717) is 34.1 Å². The van der Waals surface area contributed by atoms with Gasteiger partial charge in [0.1, 0.15) is 5.69 Å². The number of amides is 2. The zero-order chi connectivity index (χ0) is 20.3. The molecule has 2 amide bonds. The summed E-state index contributed by atoms with van der Waals surface area (Å²) in [6.45, 7) is 1.66. The van der Waals surface area contributed by atoms with Crippen LogP contribution in [0.1, 0.15) is 29.0 Å². The fourth-order valence-corrected chi connectivity index (χ4v) is 3.07. The van der Waals surface area contributed by atoms with Gasteiger partial charge in [-0.25, -0.2) is 9.78 Å². The minimum Gasteiger partial charge on any atom is -0.493 e. The van der Waals surface area contributed by atoms with Gasteiger partial charge in [-0.2, -0.15) is 0 Å². The first-order chi connectivity index (χ1) is 13.5. The van der Waals surface area contributed by atoms with Crippen LogP contribution in [-0.4, -0.2) is 43.1 Å². The van der Waals surface area contributed by atoms with Gasteiger partial charge in [-0.05, 0) is 24.6 Å². The van der Waals surface area contributed by atoms with Crippen LogP contribution >= 0.6 is 0 Å². The highest BCUT2D eigenvalue weighted by atomic mass is 16.5. The third kappa shape index (κ3) is 3.46. The Morgan fingerprint density at radius 2 is 1.75 bits per heavy atom. The second-order valence-electron chi connectivity index (χ2n) is 5.95. The molecule has 9 nitrogen and oxygen atoms in total. The van der Waals surface area contributed by atoms with Gasteiger partial charge in [0, 0.05) is 23.7 Å². The van der Waals surface area contributed by atoms with Crippen molar-refractivity contribution in [2.45, 2.75) is 13.0 Å². The van der Waals surface area contributed by atoms with Crippen molar-refractivity contribution >= 4 is 11.8 Å². The number of urea groups is 1. The summed E-state index contributed by atoms with van der Waals surface area (Å²) in [6, 6.07) is 2.22. The van der Waals surface area contributed by atoms with Crippen molar-refractivity contribution in [2.24, 2.45) is 0 Å². The smallest absolute Gasteiger partial charge is 0.319 e. The Morgan fingerprint density at radius 1 is 1.07 bits per heavy atom. The SMILES string of the molecule is COc1cc(C2NC(=O)NC(C)=C2C(=O)c2cnccn2)cc(OC)c1OC. The molecule has 2 aromatic rings. The Labute approximate surface area is 161 Å². The standard InChI is InChI=1S/C19H20N4O5/c1-10-15(17(24)12-9-20-5-6-21-12)16(23-19(25)22-10)11-7-13(26-2)18(28-4)14(8-11)27-3/h5-9,16H,1-4H3,(H2,22,23,25). The number of aromatic nitrogens is 2. The molecule has 2 heterocycles. The minimum atomic E-state index is -0.739. The second-order valence-corrected chi connectivity index (χ2v) is 5.95. The van der Waals surface area contributed by atoms with Crippen molar-refractivity contribution in [1.82, 2.24) is 20.6 Å².